The van der Waals surface area contributed by atoms with Crippen molar-refractivity contribution in [3.63, 3.8) is 0 Å². The number of hydrogen-bond acceptors (Lipinski definition) is 2. The van der Waals surface area contributed by atoms with Gasteiger partial charge in [-0.05, 0) is 37.0 Å². The van der Waals surface area contributed by atoms with Gasteiger partial charge >= 0.3 is 0 Å². The molecule has 2 rings (SSSR count). The molecule has 0 amide bonds. The van der Waals surface area contributed by atoms with Gasteiger partial charge < -0.3 is 10.1 Å². The maximum Gasteiger partial charge on any atom is 0.138 e. The lowest BCUT2D eigenvalue weighted by molar-refractivity contribution is 0.266. The van der Waals surface area contributed by atoms with E-state index in [0.717, 1.165) is 12.5 Å². The van der Waals surface area contributed by atoms with Crippen molar-refractivity contribution in [1.29, 1.82) is 0 Å². The third-order valence-electron chi connectivity index (χ3n) is 3.62. The Hall–Kier alpha value is -0.800. The first kappa shape index (κ1) is 14.6. The normalized spacial score (nSPS) is 23.3. The average molecular weight is 286 g/mol. The minimum atomic E-state index is -0.341. The first-order valence-electron chi connectivity index (χ1n) is 6.96. The Labute approximate surface area is 119 Å². The van der Waals surface area contributed by atoms with Crippen molar-refractivity contribution in [3.05, 3.63) is 29.0 Å². The van der Waals surface area contributed by atoms with Gasteiger partial charge in [0.1, 0.15) is 18.2 Å². The molecule has 0 bridgehead atoms. The highest BCUT2D eigenvalue weighted by atomic mass is 35.5. The summed E-state index contributed by atoms with van der Waals surface area (Å²) in [6.07, 6.45) is 5.16. The summed E-state index contributed by atoms with van der Waals surface area (Å²) in [4.78, 5) is 0. The van der Waals surface area contributed by atoms with Crippen molar-refractivity contribution in [2.75, 3.05) is 13.2 Å². The Morgan fingerprint density at radius 1 is 1.42 bits per heavy atom. The Kier molecular flexibility index (Phi) is 5.46. The first-order chi connectivity index (χ1) is 9.15. The predicted molar refractivity (Wildman–Crippen MR) is 76.3 cm³/mol. The molecule has 0 radical (unpaired) electrons. The molecule has 4 heteroatoms. The summed E-state index contributed by atoms with van der Waals surface area (Å²) >= 11 is 5.89. The van der Waals surface area contributed by atoms with Crippen LogP contribution in [-0.4, -0.2) is 19.2 Å². The van der Waals surface area contributed by atoms with Gasteiger partial charge in [0.2, 0.25) is 0 Å². The molecule has 0 spiro atoms. The van der Waals surface area contributed by atoms with E-state index >= 15 is 0 Å². The van der Waals surface area contributed by atoms with Crippen LogP contribution in [0.2, 0.25) is 5.02 Å². The van der Waals surface area contributed by atoms with E-state index in [1.807, 2.05) is 0 Å². The predicted octanol–water partition coefficient (Wildman–Crippen LogP) is 4.03. The molecule has 1 aliphatic carbocycles. The molecule has 1 saturated carbocycles. The van der Waals surface area contributed by atoms with Crippen LogP contribution >= 0.6 is 11.6 Å². The van der Waals surface area contributed by atoms with Gasteiger partial charge in [0.25, 0.3) is 0 Å². The van der Waals surface area contributed by atoms with Crippen molar-refractivity contribution in [3.8, 4) is 5.75 Å². The number of hydrogen-bond donors (Lipinski definition) is 1. The van der Waals surface area contributed by atoms with Gasteiger partial charge in [-0.15, -0.1) is 0 Å². The molecule has 1 N–H and O–H groups in total. The first-order valence-corrected chi connectivity index (χ1v) is 7.34. The molecule has 0 saturated heterocycles. The van der Waals surface area contributed by atoms with Crippen LogP contribution in [0, 0.1) is 11.7 Å². The SMILES string of the molecule is CC1CCCC(NCCOc2ccc(F)cc2Cl)C1. The number of halogens is 2. The van der Waals surface area contributed by atoms with E-state index in [-0.39, 0.29) is 5.82 Å². The molecule has 1 aromatic carbocycles. The van der Waals surface area contributed by atoms with Crippen LogP contribution in [0.1, 0.15) is 32.6 Å². The fraction of sp³-hybridized carbons (Fsp3) is 0.600. The monoisotopic (exact) mass is 285 g/mol. The Morgan fingerprint density at radius 3 is 3.00 bits per heavy atom. The minimum absolute atomic E-state index is 0.325. The molecule has 1 fully saturated rings. The lowest BCUT2D eigenvalue weighted by Crippen LogP contribution is -2.36. The van der Waals surface area contributed by atoms with Crippen molar-refractivity contribution in [2.24, 2.45) is 5.92 Å². The highest BCUT2D eigenvalue weighted by molar-refractivity contribution is 6.32. The van der Waals surface area contributed by atoms with E-state index in [9.17, 15) is 4.39 Å². The summed E-state index contributed by atoms with van der Waals surface area (Å²) in [5.74, 6) is 1.02. The summed E-state index contributed by atoms with van der Waals surface area (Å²) in [6.45, 7) is 3.66. The maximum atomic E-state index is 12.9. The van der Waals surface area contributed by atoms with Crippen molar-refractivity contribution in [2.45, 2.75) is 38.6 Å². The third-order valence-corrected chi connectivity index (χ3v) is 3.92. The van der Waals surface area contributed by atoms with Crippen LogP contribution in [0.15, 0.2) is 18.2 Å². The quantitative estimate of drug-likeness (QED) is 0.825. The van der Waals surface area contributed by atoms with Crippen LogP contribution in [0.3, 0.4) is 0 Å². The van der Waals surface area contributed by atoms with Gasteiger partial charge in [0, 0.05) is 12.6 Å². The third kappa shape index (κ3) is 4.66. The largest absolute Gasteiger partial charge is 0.491 e. The molecular weight excluding hydrogens is 265 g/mol. The zero-order valence-electron chi connectivity index (χ0n) is 11.3. The second kappa shape index (κ2) is 7.11. The molecule has 0 heterocycles. The fourth-order valence-electron chi connectivity index (χ4n) is 2.64. The molecular formula is C15H21ClFNO. The number of benzene rings is 1. The van der Waals surface area contributed by atoms with Crippen molar-refractivity contribution in [1.82, 2.24) is 5.32 Å². The second-order valence-corrected chi connectivity index (χ2v) is 5.75. The van der Waals surface area contributed by atoms with Crippen molar-refractivity contribution >= 4 is 11.6 Å². The number of nitrogens with one attached hydrogen (secondary N) is 1. The van der Waals surface area contributed by atoms with E-state index in [1.165, 1.54) is 37.8 Å². The Balaban J connectivity index is 1.69. The van der Waals surface area contributed by atoms with E-state index in [0.29, 0.717) is 23.4 Å². The van der Waals surface area contributed by atoms with Gasteiger partial charge in [-0.25, -0.2) is 4.39 Å². The minimum Gasteiger partial charge on any atom is -0.491 e. The lowest BCUT2D eigenvalue weighted by Gasteiger charge is -2.27. The number of rotatable bonds is 5. The summed E-state index contributed by atoms with van der Waals surface area (Å²) in [5, 5.41) is 3.84. The molecule has 2 atom stereocenters. The van der Waals surface area contributed by atoms with Crippen LogP contribution in [0.25, 0.3) is 0 Å². The van der Waals surface area contributed by atoms with E-state index in [4.69, 9.17) is 16.3 Å². The van der Waals surface area contributed by atoms with Gasteiger partial charge in [0.05, 0.1) is 5.02 Å². The van der Waals surface area contributed by atoms with E-state index < -0.39 is 0 Å². The fourth-order valence-corrected chi connectivity index (χ4v) is 2.86. The van der Waals surface area contributed by atoms with Crippen LogP contribution in [0.4, 0.5) is 4.39 Å². The van der Waals surface area contributed by atoms with Gasteiger partial charge in [-0.3, -0.25) is 0 Å². The lowest BCUT2D eigenvalue weighted by atomic mass is 9.87. The van der Waals surface area contributed by atoms with Crippen LogP contribution < -0.4 is 10.1 Å². The molecule has 0 aromatic heterocycles. The molecule has 1 aromatic rings. The summed E-state index contributed by atoms with van der Waals surface area (Å²) < 4.78 is 18.4. The zero-order valence-corrected chi connectivity index (χ0v) is 12.0. The van der Waals surface area contributed by atoms with Gasteiger partial charge in [-0.2, -0.15) is 0 Å². The molecule has 0 aliphatic heterocycles. The molecule has 19 heavy (non-hydrogen) atoms. The highest BCUT2D eigenvalue weighted by Crippen LogP contribution is 2.25. The Morgan fingerprint density at radius 2 is 2.26 bits per heavy atom. The topological polar surface area (TPSA) is 21.3 Å². The second-order valence-electron chi connectivity index (χ2n) is 5.35. The van der Waals surface area contributed by atoms with Crippen LogP contribution in [0.5, 0.6) is 5.75 Å². The van der Waals surface area contributed by atoms with E-state index in [2.05, 4.69) is 12.2 Å². The highest BCUT2D eigenvalue weighted by Gasteiger charge is 2.17. The molecule has 2 nitrogen and oxygen atoms in total. The maximum absolute atomic E-state index is 12.9. The average Bonchev–Trinajstić information content (AvgIpc) is 2.37. The van der Waals surface area contributed by atoms with Crippen LogP contribution in [-0.2, 0) is 0 Å². The molecule has 2 unspecified atom stereocenters. The zero-order chi connectivity index (χ0) is 13.7. The summed E-state index contributed by atoms with van der Waals surface area (Å²) in [7, 11) is 0. The number of ether oxygens (including phenoxy) is 1. The summed E-state index contributed by atoms with van der Waals surface area (Å²) in [5.41, 5.74) is 0. The van der Waals surface area contributed by atoms with Gasteiger partial charge in [0.15, 0.2) is 0 Å². The summed E-state index contributed by atoms with van der Waals surface area (Å²) in [6, 6.07) is 4.81. The van der Waals surface area contributed by atoms with E-state index in [1.54, 1.807) is 6.07 Å². The molecule has 1 aliphatic rings. The smallest absolute Gasteiger partial charge is 0.138 e. The van der Waals surface area contributed by atoms with Crippen molar-refractivity contribution < 1.29 is 9.13 Å². The molecule has 106 valence electrons. The standard InChI is InChI=1S/C15H21ClFNO/c1-11-3-2-4-13(9-11)18-7-8-19-15-6-5-12(17)10-14(15)16/h5-6,10-11,13,18H,2-4,7-9H2,1H3. The van der Waals surface area contributed by atoms with Gasteiger partial charge in [-0.1, -0.05) is 31.4 Å². The Bertz CT molecular complexity index is 413.